The lowest BCUT2D eigenvalue weighted by Crippen LogP contribution is -2.37. The lowest BCUT2D eigenvalue weighted by molar-refractivity contribution is -0.130. The van der Waals surface area contributed by atoms with Gasteiger partial charge in [-0.25, -0.2) is 15.0 Å². The molecule has 9 nitrogen and oxygen atoms in total. The van der Waals surface area contributed by atoms with Gasteiger partial charge in [0.2, 0.25) is 11.9 Å². The number of piperidine rings is 1. The van der Waals surface area contributed by atoms with E-state index in [0.29, 0.717) is 34.7 Å². The minimum atomic E-state index is -0.555. The number of anilines is 1. The Bertz CT molecular complexity index is 1430. The molecule has 37 heavy (non-hydrogen) atoms. The molecule has 11 heteroatoms. The molecule has 0 radical (unpaired) electrons. The van der Waals surface area contributed by atoms with E-state index in [9.17, 15) is 14.0 Å². The van der Waals surface area contributed by atoms with Crippen LogP contribution in [0.3, 0.4) is 0 Å². The maximum atomic E-state index is 13.4. The number of pyridine rings is 1. The predicted molar refractivity (Wildman–Crippen MR) is 139 cm³/mol. The van der Waals surface area contributed by atoms with Crippen molar-refractivity contribution in [3.8, 4) is 0 Å². The van der Waals surface area contributed by atoms with Crippen LogP contribution in [0.2, 0.25) is 0 Å². The molecular weight excluding hydrogens is 493 g/mol. The minimum Gasteiger partial charge on any atom is -0.343 e. The fourth-order valence-corrected chi connectivity index (χ4v) is 5.04. The Morgan fingerprint density at radius 1 is 1.19 bits per heavy atom. The number of aromatic nitrogens is 5. The van der Waals surface area contributed by atoms with E-state index in [1.54, 1.807) is 35.9 Å². The van der Waals surface area contributed by atoms with Gasteiger partial charge in [0.05, 0.1) is 17.7 Å². The van der Waals surface area contributed by atoms with E-state index < -0.39 is 5.95 Å². The van der Waals surface area contributed by atoms with E-state index in [2.05, 4.69) is 24.8 Å². The first-order valence-corrected chi connectivity index (χ1v) is 12.8. The average molecular weight is 520 g/mol. The van der Waals surface area contributed by atoms with Gasteiger partial charge >= 0.3 is 0 Å². The quantitative estimate of drug-likeness (QED) is 0.367. The summed E-state index contributed by atoms with van der Waals surface area (Å²) in [4.78, 5) is 38.8. The van der Waals surface area contributed by atoms with Crippen molar-refractivity contribution < 1.29 is 14.0 Å². The zero-order valence-electron chi connectivity index (χ0n) is 20.2. The smallest absolute Gasteiger partial charge is 0.274 e. The van der Waals surface area contributed by atoms with Crippen LogP contribution in [0.1, 0.15) is 53.2 Å². The second kappa shape index (κ2) is 10.9. The fraction of sp³-hybridized carbons (Fsp3) is 0.269. The zero-order valence-corrected chi connectivity index (χ0v) is 21.1. The van der Waals surface area contributed by atoms with Crippen LogP contribution >= 0.6 is 11.3 Å². The second-order valence-corrected chi connectivity index (χ2v) is 9.71. The SMILES string of the molecule is CC(=O)N1CCC(n2cnc(/C=C/c3csc(NC(=O)c4cccn4Cc4ccnc(F)c4)n3)c2)CC1. The van der Waals surface area contributed by atoms with Gasteiger partial charge in [0.1, 0.15) is 5.69 Å². The molecule has 0 bridgehead atoms. The van der Waals surface area contributed by atoms with Crippen molar-refractivity contribution in [1.29, 1.82) is 0 Å². The number of halogens is 1. The van der Waals surface area contributed by atoms with Gasteiger partial charge in [-0.2, -0.15) is 4.39 Å². The molecule has 0 saturated carbocycles. The summed E-state index contributed by atoms with van der Waals surface area (Å²) >= 11 is 1.33. The first-order valence-electron chi connectivity index (χ1n) is 11.9. The Balaban J connectivity index is 1.18. The number of carbonyl (C=O) groups is 2. The van der Waals surface area contributed by atoms with Gasteiger partial charge in [-0.1, -0.05) is 0 Å². The number of hydrogen-bond donors (Lipinski definition) is 1. The van der Waals surface area contributed by atoms with Crippen molar-refractivity contribution in [3.63, 3.8) is 0 Å². The highest BCUT2D eigenvalue weighted by Gasteiger charge is 2.21. The number of nitrogens with zero attached hydrogens (tertiary/aromatic N) is 6. The Kier molecular flexibility index (Phi) is 7.22. The molecule has 5 rings (SSSR count). The summed E-state index contributed by atoms with van der Waals surface area (Å²) in [5.74, 6) is -0.720. The largest absolute Gasteiger partial charge is 0.343 e. The molecule has 0 atom stereocenters. The fourth-order valence-electron chi connectivity index (χ4n) is 4.37. The molecule has 1 fully saturated rings. The van der Waals surface area contributed by atoms with Gasteiger partial charge in [0, 0.05) is 56.6 Å². The molecule has 0 unspecified atom stereocenters. The maximum absolute atomic E-state index is 13.4. The van der Waals surface area contributed by atoms with Gasteiger partial charge in [-0.3, -0.25) is 14.9 Å². The maximum Gasteiger partial charge on any atom is 0.274 e. The van der Waals surface area contributed by atoms with Crippen LogP contribution in [0.15, 0.2) is 54.6 Å². The Morgan fingerprint density at radius 2 is 2.00 bits per heavy atom. The summed E-state index contributed by atoms with van der Waals surface area (Å²) in [6.45, 7) is 3.50. The first-order chi connectivity index (χ1) is 17.9. The Morgan fingerprint density at radius 3 is 2.78 bits per heavy atom. The summed E-state index contributed by atoms with van der Waals surface area (Å²) in [7, 11) is 0. The molecule has 1 aliphatic rings. The summed E-state index contributed by atoms with van der Waals surface area (Å²) < 4.78 is 17.3. The molecule has 5 heterocycles. The van der Waals surface area contributed by atoms with Crippen molar-refractivity contribution in [3.05, 3.63) is 83.2 Å². The normalized spacial score (nSPS) is 14.4. The number of carbonyl (C=O) groups excluding carboxylic acids is 2. The third-order valence-electron chi connectivity index (χ3n) is 6.33. The topological polar surface area (TPSA) is 97.9 Å². The van der Waals surface area contributed by atoms with Gasteiger partial charge < -0.3 is 14.0 Å². The molecule has 190 valence electrons. The van der Waals surface area contributed by atoms with Crippen LogP contribution in [0, 0.1) is 5.95 Å². The first kappa shape index (κ1) is 24.6. The van der Waals surface area contributed by atoms with Crippen molar-refractivity contribution in [2.75, 3.05) is 18.4 Å². The molecule has 4 aromatic rings. The number of imidazole rings is 1. The van der Waals surface area contributed by atoms with Crippen molar-refractivity contribution in [2.45, 2.75) is 32.4 Å². The molecule has 1 aliphatic heterocycles. The molecule has 0 spiro atoms. The van der Waals surface area contributed by atoms with E-state index in [-0.39, 0.29) is 11.8 Å². The van der Waals surface area contributed by atoms with Crippen LogP contribution in [-0.2, 0) is 11.3 Å². The molecule has 4 aromatic heterocycles. The number of likely N-dealkylation sites (tertiary alicyclic amines) is 1. The standard InChI is InChI=1S/C26H26FN7O2S/c1-18(35)32-11-7-22(8-12-32)34-15-20(29-17-34)4-5-21-16-37-26(30-21)31-25(36)23-3-2-10-33(23)14-19-6-9-28-24(27)13-19/h2-6,9-10,13,15-17,22H,7-8,11-12,14H2,1H3,(H,30,31,36)/b5-4+. The van der Waals surface area contributed by atoms with Crippen molar-refractivity contribution in [2.24, 2.45) is 0 Å². The highest BCUT2D eigenvalue weighted by Crippen LogP contribution is 2.23. The van der Waals surface area contributed by atoms with Crippen LogP contribution in [0.25, 0.3) is 12.2 Å². The summed E-state index contributed by atoms with van der Waals surface area (Å²) in [5.41, 5.74) is 2.69. The third kappa shape index (κ3) is 6.00. The molecule has 1 N–H and O–H groups in total. The second-order valence-electron chi connectivity index (χ2n) is 8.86. The van der Waals surface area contributed by atoms with Crippen LogP contribution in [0.5, 0.6) is 0 Å². The minimum absolute atomic E-state index is 0.127. The van der Waals surface area contributed by atoms with E-state index in [4.69, 9.17) is 0 Å². The number of thiazole rings is 1. The van der Waals surface area contributed by atoms with Gasteiger partial charge in [0.15, 0.2) is 5.13 Å². The van der Waals surface area contributed by atoms with E-state index in [1.807, 2.05) is 35.0 Å². The summed E-state index contributed by atoms with van der Waals surface area (Å²) in [6, 6.07) is 6.88. The molecule has 2 amide bonds. The zero-order chi connectivity index (χ0) is 25.8. The van der Waals surface area contributed by atoms with Gasteiger partial charge in [-0.05, 0) is 54.8 Å². The lowest BCUT2D eigenvalue weighted by atomic mass is 10.1. The van der Waals surface area contributed by atoms with Crippen molar-refractivity contribution in [1.82, 2.24) is 29.0 Å². The monoisotopic (exact) mass is 519 g/mol. The Hall–Kier alpha value is -4.12. The molecule has 0 aliphatic carbocycles. The lowest BCUT2D eigenvalue weighted by Gasteiger charge is -2.31. The highest BCUT2D eigenvalue weighted by atomic mass is 32.1. The number of nitrogens with one attached hydrogen (secondary N) is 1. The number of rotatable bonds is 7. The number of amides is 2. The van der Waals surface area contributed by atoms with Crippen LogP contribution < -0.4 is 5.32 Å². The molecule has 0 aromatic carbocycles. The van der Waals surface area contributed by atoms with Gasteiger partial charge in [0.25, 0.3) is 5.91 Å². The molecule has 1 saturated heterocycles. The average Bonchev–Trinajstić information content (AvgIpc) is 3.64. The van der Waals surface area contributed by atoms with Crippen molar-refractivity contribution >= 4 is 40.4 Å². The predicted octanol–water partition coefficient (Wildman–Crippen LogP) is 4.33. The van der Waals surface area contributed by atoms with Crippen LogP contribution in [-0.4, -0.2) is 53.9 Å². The highest BCUT2D eigenvalue weighted by molar-refractivity contribution is 7.14. The molecular formula is C26H26FN7O2S. The van der Waals surface area contributed by atoms with Gasteiger partial charge in [-0.15, -0.1) is 11.3 Å². The summed E-state index contributed by atoms with van der Waals surface area (Å²) in [6.07, 6.45) is 12.6. The van der Waals surface area contributed by atoms with E-state index >= 15 is 0 Å². The van der Waals surface area contributed by atoms with E-state index in [0.717, 1.165) is 31.6 Å². The number of hydrogen-bond acceptors (Lipinski definition) is 6. The summed E-state index contributed by atoms with van der Waals surface area (Å²) in [5, 5.41) is 5.18. The van der Waals surface area contributed by atoms with E-state index in [1.165, 1.54) is 23.6 Å². The third-order valence-corrected chi connectivity index (χ3v) is 7.10. The Labute approximate surface area is 217 Å². The van der Waals surface area contributed by atoms with Crippen LogP contribution in [0.4, 0.5) is 9.52 Å².